The predicted molar refractivity (Wildman–Crippen MR) is 115 cm³/mol. The Morgan fingerprint density at radius 2 is 2.19 bits per heavy atom. The topological polar surface area (TPSA) is 139 Å². The minimum Gasteiger partial charge on any atom is -0.482 e. The fourth-order valence-corrected chi connectivity index (χ4v) is 3.77. The molecule has 156 valence electrons. The van der Waals surface area contributed by atoms with Gasteiger partial charge in [0, 0.05) is 47.6 Å². The lowest BCUT2D eigenvalue weighted by atomic mass is 9.91. The molecule has 0 radical (unpaired) electrons. The third-order valence-electron chi connectivity index (χ3n) is 5.22. The van der Waals surface area contributed by atoms with E-state index in [9.17, 15) is 9.65 Å². The number of nitrogens with zero attached hydrogens (tertiary/aromatic N) is 4. The standard InChI is InChI=1S/C22H20FN7O/c1-11-16-7-14(23)3-4-15(16)21(27-2)12(8-24)5-17-20(18(9-25)30-29-17)13-6-19(31-11)22(26)28-10-13/h3-4,6-8,10-11H,5,24H2,1-2H3,(H2,26,28)(H,29,30). The fraction of sp³-hybridized carbons (Fsp3) is 0.182. The number of aromatic nitrogens is 3. The molecule has 1 aromatic carbocycles. The van der Waals surface area contributed by atoms with E-state index in [0.29, 0.717) is 51.4 Å². The maximum Gasteiger partial charge on any atom is 0.170 e. The van der Waals surface area contributed by atoms with Gasteiger partial charge >= 0.3 is 0 Å². The Balaban J connectivity index is 2.02. The second-order valence-electron chi connectivity index (χ2n) is 7.08. The van der Waals surface area contributed by atoms with Crippen LogP contribution in [0.5, 0.6) is 5.75 Å². The van der Waals surface area contributed by atoms with Crippen molar-refractivity contribution >= 4 is 11.5 Å². The number of allylic oxidation sites excluding steroid dienone is 1. The van der Waals surface area contributed by atoms with Crippen LogP contribution in [-0.2, 0) is 6.42 Å². The number of halogens is 1. The lowest BCUT2D eigenvalue weighted by Gasteiger charge is -2.22. The van der Waals surface area contributed by atoms with Gasteiger partial charge in [-0.3, -0.25) is 10.1 Å². The summed E-state index contributed by atoms with van der Waals surface area (Å²) in [7, 11) is 1.64. The normalized spacial score (nSPS) is 18.3. The Kier molecular flexibility index (Phi) is 5.13. The number of rotatable bonds is 0. The van der Waals surface area contributed by atoms with Crippen LogP contribution in [0.2, 0.25) is 0 Å². The molecule has 0 fully saturated rings. The van der Waals surface area contributed by atoms with Gasteiger partial charge in [0.05, 0.1) is 5.71 Å². The monoisotopic (exact) mass is 417 g/mol. The van der Waals surface area contributed by atoms with E-state index in [1.54, 1.807) is 32.3 Å². The summed E-state index contributed by atoms with van der Waals surface area (Å²) < 4.78 is 20.2. The van der Waals surface area contributed by atoms with Gasteiger partial charge in [-0.25, -0.2) is 9.37 Å². The van der Waals surface area contributed by atoms with E-state index in [2.05, 4.69) is 26.2 Å². The first-order valence-corrected chi connectivity index (χ1v) is 9.54. The van der Waals surface area contributed by atoms with Crippen LogP contribution in [0.4, 0.5) is 10.2 Å². The van der Waals surface area contributed by atoms with E-state index in [0.717, 1.165) is 0 Å². The Bertz CT molecular complexity index is 1270. The third-order valence-corrected chi connectivity index (χ3v) is 5.22. The zero-order chi connectivity index (χ0) is 22.1. The molecule has 1 aliphatic heterocycles. The maximum atomic E-state index is 14.2. The summed E-state index contributed by atoms with van der Waals surface area (Å²) >= 11 is 0. The second kappa shape index (κ2) is 7.91. The molecule has 3 aromatic rings. The average molecular weight is 417 g/mol. The quantitative estimate of drug-likeness (QED) is 0.514. The van der Waals surface area contributed by atoms with Crippen LogP contribution in [0, 0.1) is 17.1 Å². The first kappa shape index (κ1) is 20.1. The number of H-pyrrole nitrogens is 1. The molecule has 1 aliphatic rings. The number of ether oxygens (including phenoxy) is 1. The first-order chi connectivity index (χ1) is 15.0. The molecule has 5 N–H and O–H groups in total. The molecule has 4 rings (SSSR count). The van der Waals surface area contributed by atoms with Crippen LogP contribution < -0.4 is 16.2 Å². The number of nitrogen functional groups attached to an aromatic ring is 1. The maximum absolute atomic E-state index is 14.2. The number of aliphatic imine (C=N–C) groups is 1. The van der Waals surface area contributed by atoms with Gasteiger partial charge in [-0.2, -0.15) is 10.4 Å². The van der Waals surface area contributed by atoms with E-state index in [1.165, 1.54) is 18.3 Å². The van der Waals surface area contributed by atoms with Gasteiger partial charge in [0.15, 0.2) is 17.3 Å². The van der Waals surface area contributed by atoms with Crippen LogP contribution in [-0.4, -0.2) is 27.9 Å². The number of hydrogen-bond acceptors (Lipinski definition) is 7. The molecule has 2 bridgehead atoms. The largest absolute Gasteiger partial charge is 0.482 e. The van der Waals surface area contributed by atoms with Crippen molar-refractivity contribution in [3.05, 3.63) is 70.6 Å². The molecule has 3 heterocycles. The zero-order valence-electron chi connectivity index (χ0n) is 17.0. The molecule has 9 heteroatoms. The van der Waals surface area contributed by atoms with Gasteiger partial charge in [0.1, 0.15) is 18.0 Å². The van der Waals surface area contributed by atoms with Crippen molar-refractivity contribution in [2.75, 3.05) is 12.8 Å². The van der Waals surface area contributed by atoms with Crippen LogP contribution in [0.1, 0.15) is 35.5 Å². The predicted octanol–water partition coefficient (Wildman–Crippen LogP) is 3.02. The van der Waals surface area contributed by atoms with Crippen molar-refractivity contribution in [2.45, 2.75) is 19.4 Å². The van der Waals surface area contributed by atoms with E-state index in [1.807, 2.05) is 0 Å². The van der Waals surface area contributed by atoms with E-state index < -0.39 is 11.9 Å². The summed E-state index contributed by atoms with van der Waals surface area (Å²) in [6.45, 7) is 1.79. The Morgan fingerprint density at radius 1 is 1.39 bits per heavy atom. The minimum absolute atomic E-state index is 0.182. The number of nitriles is 1. The smallest absolute Gasteiger partial charge is 0.170 e. The van der Waals surface area contributed by atoms with Crippen molar-refractivity contribution in [3.63, 3.8) is 0 Å². The number of pyridine rings is 1. The highest BCUT2D eigenvalue weighted by Gasteiger charge is 2.25. The van der Waals surface area contributed by atoms with Crippen molar-refractivity contribution in [2.24, 2.45) is 10.7 Å². The molecule has 0 saturated heterocycles. The summed E-state index contributed by atoms with van der Waals surface area (Å²) in [5.74, 6) is 0.104. The number of anilines is 1. The fourth-order valence-electron chi connectivity index (χ4n) is 3.77. The van der Waals surface area contributed by atoms with Gasteiger partial charge in [-0.15, -0.1) is 0 Å². The molecular weight excluding hydrogens is 397 g/mol. The number of aromatic amines is 1. The number of benzene rings is 1. The highest BCUT2D eigenvalue weighted by molar-refractivity contribution is 6.13. The van der Waals surface area contributed by atoms with E-state index in [4.69, 9.17) is 16.2 Å². The van der Waals surface area contributed by atoms with Crippen molar-refractivity contribution in [1.82, 2.24) is 15.2 Å². The summed E-state index contributed by atoms with van der Waals surface area (Å²) in [5.41, 5.74) is 16.6. The minimum atomic E-state index is -0.570. The van der Waals surface area contributed by atoms with Gasteiger partial charge in [-0.05, 0) is 43.0 Å². The van der Waals surface area contributed by atoms with Crippen molar-refractivity contribution in [3.8, 4) is 22.9 Å². The number of nitrogens with one attached hydrogen (secondary N) is 1. The van der Waals surface area contributed by atoms with Crippen LogP contribution in [0.15, 0.2) is 47.2 Å². The summed E-state index contributed by atoms with van der Waals surface area (Å²) in [6.07, 6.45) is 2.76. The lowest BCUT2D eigenvalue weighted by Crippen LogP contribution is -2.17. The number of nitrogens with two attached hydrogens (primary N) is 2. The molecule has 1 atom stereocenters. The first-order valence-electron chi connectivity index (χ1n) is 9.54. The molecule has 0 spiro atoms. The average Bonchev–Trinajstić information content (AvgIpc) is 3.17. The lowest BCUT2D eigenvalue weighted by molar-refractivity contribution is 0.227. The summed E-state index contributed by atoms with van der Waals surface area (Å²) in [4.78, 5) is 8.66. The van der Waals surface area contributed by atoms with E-state index in [-0.39, 0.29) is 11.5 Å². The summed E-state index contributed by atoms with van der Waals surface area (Å²) in [5, 5.41) is 16.6. The number of fused-ring (bicyclic) bond motifs is 5. The second-order valence-corrected chi connectivity index (χ2v) is 7.08. The Labute approximate surface area is 178 Å². The molecular formula is C22H20FN7O. The van der Waals surface area contributed by atoms with Gasteiger partial charge in [0.2, 0.25) is 0 Å². The van der Waals surface area contributed by atoms with E-state index >= 15 is 0 Å². The van der Waals surface area contributed by atoms with Crippen LogP contribution in [0.3, 0.4) is 0 Å². The van der Waals surface area contributed by atoms with Gasteiger partial charge in [-0.1, -0.05) is 0 Å². The van der Waals surface area contributed by atoms with Crippen LogP contribution >= 0.6 is 0 Å². The molecule has 1 unspecified atom stereocenters. The molecule has 0 aliphatic carbocycles. The van der Waals surface area contributed by atoms with Crippen molar-refractivity contribution < 1.29 is 9.13 Å². The molecule has 0 amide bonds. The number of hydrogen-bond donors (Lipinski definition) is 3. The Morgan fingerprint density at radius 3 is 2.90 bits per heavy atom. The Hall–Kier alpha value is -4.19. The molecule has 31 heavy (non-hydrogen) atoms. The zero-order valence-corrected chi connectivity index (χ0v) is 17.0. The van der Waals surface area contributed by atoms with Crippen molar-refractivity contribution in [1.29, 1.82) is 5.26 Å². The van der Waals surface area contributed by atoms with Gasteiger partial charge in [0.25, 0.3) is 0 Å². The molecule has 8 nitrogen and oxygen atoms in total. The molecule has 2 aromatic heterocycles. The highest BCUT2D eigenvalue weighted by atomic mass is 19.1. The highest BCUT2D eigenvalue weighted by Crippen LogP contribution is 2.36. The van der Waals surface area contributed by atoms with Crippen LogP contribution in [0.25, 0.3) is 11.1 Å². The third kappa shape index (κ3) is 3.48. The van der Waals surface area contributed by atoms with Gasteiger partial charge < -0.3 is 16.2 Å². The molecule has 0 saturated carbocycles. The summed E-state index contributed by atoms with van der Waals surface area (Å²) in [6, 6.07) is 8.22. The SMILES string of the molecule is CN=C1C(=CN)Cc2[nH]nc(C#N)c2-c2cnc(N)c(c2)OC(C)c2cc(F)ccc21.